The highest BCUT2D eigenvalue weighted by atomic mass is 19.1. The molecule has 0 fully saturated rings. The predicted octanol–water partition coefficient (Wildman–Crippen LogP) is 2.88. The van der Waals surface area contributed by atoms with Crippen LogP contribution in [0.15, 0.2) is 24.3 Å². The minimum atomic E-state index is -0.180. The molecule has 1 rings (SSSR count). The molecule has 1 N–H and O–H groups in total. The summed E-state index contributed by atoms with van der Waals surface area (Å²) in [4.78, 5) is 0. The average Bonchev–Trinajstić information content (AvgIpc) is 2.04. The van der Waals surface area contributed by atoms with E-state index in [0.29, 0.717) is 6.04 Å². The molecule has 13 heavy (non-hydrogen) atoms. The van der Waals surface area contributed by atoms with Crippen LogP contribution in [0.3, 0.4) is 0 Å². The van der Waals surface area contributed by atoms with Crippen LogP contribution in [0.2, 0.25) is 0 Å². The number of rotatable bonds is 3. The van der Waals surface area contributed by atoms with Crippen molar-refractivity contribution in [1.29, 1.82) is 0 Å². The molecule has 1 nitrogen and oxygen atoms in total. The fourth-order valence-corrected chi connectivity index (χ4v) is 1.35. The molecule has 0 radical (unpaired) electrons. The number of hydrogen-bond donors (Lipinski definition) is 1. The summed E-state index contributed by atoms with van der Waals surface area (Å²) in [6, 6.07) is 7.34. The van der Waals surface area contributed by atoms with Gasteiger partial charge < -0.3 is 5.32 Å². The van der Waals surface area contributed by atoms with E-state index in [1.807, 2.05) is 12.1 Å². The molecule has 0 spiro atoms. The third-order valence-corrected chi connectivity index (χ3v) is 1.95. The maximum absolute atomic E-state index is 12.6. The molecule has 0 amide bonds. The summed E-state index contributed by atoms with van der Waals surface area (Å²) in [5.74, 6) is -0.180. The van der Waals surface area contributed by atoms with E-state index in [4.69, 9.17) is 0 Å². The first kappa shape index (κ1) is 10.2. The average molecular weight is 181 g/mol. The highest BCUT2D eigenvalue weighted by Gasteiger charge is 2.05. The van der Waals surface area contributed by atoms with Crippen LogP contribution >= 0.6 is 0 Å². The lowest BCUT2D eigenvalue weighted by molar-refractivity contribution is 0.505. The van der Waals surface area contributed by atoms with Crippen molar-refractivity contribution in [2.24, 2.45) is 0 Å². The van der Waals surface area contributed by atoms with Gasteiger partial charge in [-0.25, -0.2) is 4.39 Å². The van der Waals surface area contributed by atoms with Crippen molar-refractivity contribution < 1.29 is 4.39 Å². The lowest BCUT2D eigenvalue weighted by Gasteiger charge is -2.16. The molecule has 1 aromatic rings. The second-order valence-corrected chi connectivity index (χ2v) is 3.59. The fraction of sp³-hybridized carbons (Fsp3) is 0.455. The van der Waals surface area contributed by atoms with E-state index >= 15 is 0 Å². The van der Waals surface area contributed by atoms with Gasteiger partial charge in [0.25, 0.3) is 0 Å². The van der Waals surface area contributed by atoms with Crippen LogP contribution in [-0.4, -0.2) is 6.04 Å². The molecule has 0 aliphatic heterocycles. The second kappa shape index (κ2) is 4.38. The second-order valence-electron chi connectivity index (χ2n) is 3.59. The number of hydrogen-bond acceptors (Lipinski definition) is 1. The van der Waals surface area contributed by atoms with E-state index in [2.05, 4.69) is 26.1 Å². The van der Waals surface area contributed by atoms with Crippen molar-refractivity contribution in [3.63, 3.8) is 0 Å². The molecule has 2 heteroatoms. The van der Waals surface area contributed by atoms with Crippen LogP contribution in [0.5, 0.6) is 0 Å². The third kappa shape index (κ3) is 3.15. The van der Waals surface area contributed by atoms with Crippen LogP contribution < -0.4 is 5.32 Å². The maximum Gasteiger partial charge on any atom is 0.123 e. The minimum absolute atomic E-state index is 0.180. The summed E-state index contributed by atoms with van der Waals surface area (Å²) in [5, 5.41) is 3.36. The van der Waals surface area contributed by atoms with Crippen molar-refractivity contribution in [1.82, 2.24) is 5.32 Å². The standard InChI is InChI=1S/C11H16FN/c1-8(2)13-9(3)10-4-6-11(12)7-5-10/h4-9,13H,1-3H3. The molecule has 0 aromatic heterocycles. The molecule has 72 valence electrons. The molecule has 0 saturated heterocycles. The number of benzene rings is 1. The van der Waals surface area contributed by atoms with E-state index in [1.165, 1.54) is 12.1 Å². The normalized spacial score (nSPS) is 13.3. The van der Waals surface area contributed by atoms with Crippen LogP contribution in [0, 0.1) is 5.82 Å². The molecule has 0 bridgehead atoms. The molecular weight excluding hydrogens is 165 g/mol. The highest BCUT2D eigenvalue weighted by molar-refractivity contribution is 5.19. The lowest BCUT2D eigenvalue weighted by atomic mass is 10.1. The predicted molar refractivity (Wildman–Crippen MR) is 53.1 cm³/mol. The molecule has 1 aromatic carbocycles. The van der Waals surface area contributed by atoms with Gasteiger partial charge in [-0.05, 0) is 24.6 Å². The van der Waals surface area contributed by atoms with E-state index in [-0.39, 0.29) is 11.9 Å². The largest absolute Gasteiger partial charge is 0.308 e. The molecule has 0 aliphatic rings. The summed E-state index contributed by atoms with van der Waals surface area (Å²) in [5.41, 5.74) is 1.12. The zero-order valence-corrected chi connectivity index (χ0v) is 8.34. The van der Waals surface area contributed by atoms with Gasteiger partial charge in [0.1, 0.15) is 5.82 Å². The van der Waals surface area contributed by atoms with E-state index in [9.17, 15) is 4.39 Å². The Bertz CT molecular complexity index is 253. The van der Waals surface area contributed by atoms with Crippen LogP contribution in [0.1, 0.15) is 32.4 Å². The number of nitrogens with one attached hydrogen (secondary N) is 1. The third-order valence-electron chi connectivity index (χ3n) is 1.95. The van der Waals surface area contributed by atoms with Gasteiger partial charge in [0.2, 0.25) is 0 Å². The lowest BCUT2D eigenvalue weighted by Crippen LogP contribution is -2.25. The quantitative estimate of drug-likeness (QED) is 0.756. The van der Waals surface area contributed by atoms with Crippen LogP contribution in [0.25, 0.3) is 0 Å². The monoisotopic (exact) mass is 181 g/mol. The molecule has 0 aliphatic carbocycles. The van der Waals surface area contributed by atoms with Crippen molar-refractivity contribution >= 4 is 0 Å². The smallest absolute Gasteiger partial charge is 0.123 e. The summed E-state index contributed by atoms with van der Waals surface area (Å²) in [7, 11) is 0. The first-order valence-electron chi connectivity index (χ1n) is 4.61. The van der Waals surface area contributed by atoms with Crippen molar-refractivity contribution in [2.45, 2.75) is 32.9 Å². The van der Waals surface area contributed by atoms with Crippen LogP contribution in [-0.2, 0) is 0 Å². The Labute approximate surface area is 79.0 Å². The first-order valence-corrected chi connectivity index (χ1v) is 4.61. The fourth-order valence-electron chi connectivity index (χ4n) is 1.35. The van der Waals surface area contributed by atoms with Gasteiger partial charge in [-0.3, -0.25) is 0 Å². The highest BCUT2D eigenvalue weighted by Crippen LogP contribution is 2.13. The van der Waals surface area contributed by atoms with Gasteiger partial charge in [0.15, 0.2) is 0 Å². The summed E-state index contributed by atoms with van der Waals surface area (Å²) < 4.78 is 12.6. The molecule has 1 unspecified atom stereocenters. The van der Waals surface area contributed by atoms with Crippen molar-refractivity contribution in [2.75, 3.05) is 0 Å². The van der Waals surface area contributed by atoms with Crippen LogP contribution in [0.4, 0.5) is 4.39 Å². The Balaban J connectivity index is 2.66. The van der Waals surface area contributed by atoms with Crippen molar-refractivity contribution in [3.8, 4) is 0 Å². The van der Waals surface area contributed by atoms with Crippen molar-refractivity contribution in [3.05, 3.63) is 35.6 Å². The Morgan fingerprint density at radius 3 is 2.08 bits per heavy atom. The van der Waals surface area contributed by atoms with E-state index in [0.717, 1.165) is 5.56 Å². The Hall–Kier alpha value is -0.890. The Kier molecular flexibility index (Phi) is 3.43. The van der Waals surface area contributed by atoms with E-state index < -0.39 is 0 Å². The van der Waals surface area contributed by atoms with Gasteiger partial charge in [-0.1, -0.05) is 26.0 Å². The maximum atomic E-state index is 12.6. The molecule has 0 heterocycles. The summed E-state index contributed by atoms with van der Waals surface area (Å²) >= 11 is 0. The topological polar surface area (TPSA) is 12.0 Å². The van der Waals surface area contributed by atoms with Gasteiger partial charge in [-0.2, -0.15) is 0 Å². The Morgan fingerprint density at radius 2 is 1.62 bits per heavy atom. The first-order chi connectivity index (χ1) is 6.09. The van der Waals surface area contributed by atoms with Gasteiger partial charge in [0, 0.05) is 12.1 Å². The Morgan fingerprint density at radius 1 is 1.08 bits per heavy atom. The minimum Gasteiger partial charge on any atom is -0.308 e. The summed E-state index contributed by atoms with van der Waals surface area (Å²) in [6.07, 6.45) is 0. The van der Waals surface area contributed by atoms with E-state index in [1.54, 1.807) is 0 Å². The zero-order valence-electron chi connectivity index (χ0n) is 8.34. The van der Waals surface area contributed by atoms with Gasteiger partial charge in [-0.15, -0.1) is 0 Å². The molecular formula is C11H16FN. The summed E-state index contributed by atoms with van der Waals surface area (Å²) in [6.45, 7) is 6.27. The molecule has 0 saturated carbocycles. The SMILES string of the molecule is CC(C)NC(C)c1ccc(F)cc1. The van der Waals surface area contributed by atoms with Gasteiger partial charge >= 0.3 is 0 Å². The molecule has 1 atom stereocenters. The zero-order chi connectivity index (χ0) is 9.84. The van der Waals surface area contributed by atoms with Gasteiger partial charge in [0.05, 0.1) is 0 Å². The number of halogens is 1.